The summed E-state index contributed by atoms with van der Waals surface area (Å²) >= 11 is 0. The Morgan fingerprint density at radius 3 is 2.63 bits per heavy atom. The fraction of sp³-hybridized carbons (Fsp3) is 0.316. The molecule has 0 unspecified atom stereocenters. The average Bonchev–Trinajstić information content (AvgIpc) is 2.98. The summed E-state index contributed by atoms with van der Waals surface area (Å²) in [4.78, 5) is 37.0. The van der Waals surface area contributed by atoms with Crippen LogP contribution < -0.4 is 16.4 Å². The lowest BCUT2D eigenvalue weighted by molar-refractivity contribution is 0.0950. The molecular weight excluding hydrogens is 370 g/mol. The number of hydrogen-bond acceptors (Lipinski definition) is 5. The molecule has 0 bridgehead atoms. The minimum atomic E-state index is -0.483. The van der Waals surface area contributed by atoms with Gasteiger partial charge in [-0.2, -0.15) is 0 Å². The summed E-state index contributed by atoms with van der Waals surface area (Å²) in [5.41, 5.74) is 7.17. The molecule has 4 N–H and O–H groups in total. The summed E-state index contributed by atoms with van der Waals surface area (Å²) in [7, 11) is 0. The first-order valence-corrected chi connectivity index (χ1v) is 8.57. The van der Waals surface area contributed by atoms with Gasteiger partial charge in [0.15, 0.2) is 11.5 Å². The molecule has 2 amide bonds. The van der Waals surface area contributed by atoms with Crippen LogP contribution in [0.1, 0.15) is 55.4 Å². The standard InChI is InChI=1S/C19H21N3O4.ClH/c1-11-16-14(23)7-4-8-15(16)26-17(11)19(25)22-13-6-3-2-5-12(13)18(24)21-10-9-20;/h2-3,5-6H,4,7-10,20H2,1H3,(H,21,24)(H,22,25);1H. The molecule has 2 aromatic rings. The first kappa shape index (κ1) is 20.7. The number of nitrogens with two attached hydrogens (primary N) is 1. The van der Waals surface area contributed by atoms with Crippen LogP contribution in [0, 0.1) is 6.92 Å². The second-order valence-electron chi connectivity index (χ2n) is 6.18. The molecule has 7 nitrogen and oxygen atoms in total. The summed E-state index contributed by atoms with van der Waals surface area (Å²) < 4.78 is 5.66. The molecule has 0 saturated heterocycles. The topological polar surface area (TPSA) is 114 Å². The zero-order valence-corrected chi connectivity index (χ0v) is 15.8. The van der Waals surface area contributed by atoms with E-state index in [1.54, 1.807) is 31.2 Å². The first-order chi connectivity index (χ1) is 12.5. The Balaban J connectivity index is 0.00000261. The maximum absolute atomic E-state index is 12.7. The van der Waals surface area contributed by atoms with E-state index in [2.05, 4.69) is 10.6 Å². The largest absolute Gasteiger partial charge is 0.455 e. The lowest BCUT2D eigenvalue weighted by atomic mass is 9.94. The molecule has 3 rings (SSSR count). The summed E-state index contributed by atoms with van der Waals surface area (Å²) in [5.74, 6) is -0.117. The van der Waals surface area contributed by atoms with Crippen LogP contribution in [0.2, 0.25) is 0 Å². The van der Waals surface area contributed by atoms with E-state index in [1.165, 1.54) is 0 Å². The highest BCUT2D eigenvalue weighted by atomic mass is 35.5. The number of rotatable bonds is 5. The number of hydrogen-bond donors (Lipinski definition) is 3. The number of para-hydroxylation sites is 1. The molecule has 1 aliphatic rings. The molecular formula is C19H22ClN3O4. The van der Waals surface area contributed by atoms with Crippen LogP contribution in [0.4, 0.5) is 5.69 Å². The highest BCUT2D eigenvalue weighted by Crippen LogP contribution is 2.30. The summed E-state index contributed by atoms with van der Waals surface area (Å²) in [5, 5.41) is 5.39. The summed E-state index contributed by atoms with van der Waals surface area (Å²) in [6, 6.07) is 6.69. The fourth-order valence-corrected chi connectivity index (χ4v) is 3.12. The number of benzene rings is 1. The second-order valence-corrected chi connectivity index (χ2v) is 6.18. The Morgan fingerprint density at radius 1 is 1.19 bits per heavy atom. The number of anilines is 1. The average molecular weight is 392 g/mol. The molecule has 0 radical (unpaired) electrons. The number of carbonyl (C=O) groups is 3. The van der Waals surface area contributed by atoms with Crippen molar-refractivity contribution < 1.29 is 18.8 Å². The van der Waals surface area contributed by atoms with Crippen molar-refractivity contribution >= 4 is 35.7 Å². The van der Waals surface area contributed by atoms with E-state index >= 15 is 0 Å². The van der Waals surface area contributed by atoms with E-state index in [9.17, 15) is 14.4 Å². The third kappa shape index (κ3) is 4.20. The van der Waals surface area contributed by atoms with Crippen LogP contribution in [0.3, 0.4) is 0 Å². The van der Waals surface area contributed by atoms with Crippen LogP contribution >= 0.6 is 12.4 Å². The number of amides is 2. The van der Waals surface area contributed by atoms with Crippen molar-refractivity contribution in [3.05, 3.63) is 52.5 Å². The lowest BCUT2D eigenvalue weighted by Gasteiger charge is -2.10. The Hall–Kier alpha value is -2.64. The molecule has 1 aromatic heterocycles. The predicted octanol–water partition coefficient (Wildman–Crippen LogP) is 2.47. The molecule has 1 heterocycles. The summed E-state index contributed by atoms with van der Waals surface area (Å²) in [6.45, 7) is 2.37. The third-order valence-corrected chi connectivity index (χ3v) is 4.36. The van der Waals surface area contributed by atoms with Crippen molar-refractivity contribution in [2.45, 2.75) is 26.2 Å². The van der Waals surface area contributed by atoms with Crippen molar-refractivity contribution in [1.29, 1.82) is 0 Å². The SMILES string of the molecule is Cc1c(C(=O)Nc2ccccc2C(=O)NCCN)oc2c1C(=O)CCC2.Cl. The number of ketones is 1. The molecule has 0 aliphatic heterocycles. The van der Waals surface area contributed by atoms with E-state index in [4.69, 9.17) is 10.2 Å². The number of halogens is 1. The van der Waals surface area contributed by atoms with E-state index in [0.717, 1.165) is 6.42 Å². The van der Waals surface area contributed by atoms with Gasteiger partial charge >= 0.3 is 0 Å². The molecule has 27 heavy (non-hydrogen) atoms. The molecule has 144 valence electrons. The van der Waals surface area contributed by atoms with Gasteiger partial charge in [-0.3, -0.25) is 14.4 Å². The van der Waals surface area contributed by atoms with Crippen molar-refractivity contribution in [3.8, 4) is 0 Å². The van der Waals surface area contributed by atoms with Crippen molar-refractivity contribution in [3.63, 3.8) is 0 Å². The predicted molar refractivity (Wildman–Crippen MR) is 104 cm³/mol. The van der Waals surface area contributed by atoms with Crippen LogP contribution in [0.5, 0.6) is 0 Å². The molecule has 0 spiro atoms. The molecule has 0 saturated carbocycles. The highest BCUT2D eigenvalue weighted by molar-refractivity contribution is 6.10. The third-order valence-electron chi connectivity index (χ3n) is 4.36. The Labute approximate surface area is 163 Å². The van der Waals surface area contributed by atoms with Crippen LogP contribution in [-0.2, 0) is 6.42 Å². The van der Waals surface area contributed by atoms with Gasteiger partial charge in [0, 0.05) is 31.5 Å². The van der Waals surface area contributed by atoms with Gasteiger partial charge in [0.1, 0.15) is 5.76 Å². The second kappa shape index (κ2) is 8.83. The van der Waals surface area contributed by atoms with Gasteiger partial charge in [0.2, 0.25) is 0 Å². The van der Waals surface area contributed by atoms with Gasteiger partial charge in [-0.15, -0.1) is 12.4 Å². The molecule has 1 aromatic carbocycles. The van der Waals surface area contributed by atoms with Crippen LogP contribution in [0.25, 0.3) is 0 Å². The van der Waals surface area contributed by atoms with Gasteiger partial charge < -0.3 is 20.8 Å². The number of fused-ring (bicyclic) bond motifs is 1. The lowest BCUT2D eigenvalue weighted by Crippen LogP contribution is -2.30. The molecule has 1 aliphatic carbocycles. The minimum Gasteiger partial charge on any atom is -0.455 e. The van der Waals surface area contributed by atoms with E-state index in [0.29, 0.717) is 54.1 Å². The van der Waals surface area contributed by atoms with E-state index in [1.807, 2.05) is 0 Å². The zero-order chi connectivity index (χ0) is 18.7. The van der Waals surface area contributed by atoms with E-state index < -0.39 is 5.91 Å². The van der Waals surface area contributed by atoms with Gasteiger partial charge in [-0.05, 0) is 25.5 Å². The number of aryl methyl sites for hydroxylation is 1. The van der Waals surface area contributed by atoms with Gasteiger partial charge in [-0.1, -0.05) is 12.1 Å². The molecule has 0 atom stereocenters. The Kier molecular flexibility index (Phi) is 6.76. The number of carbonyl (C=O) groups excluding carboxylic acids is 3. The van der Waals surface area contributed by atoms with Crippen molar-refractivity contribution in [2.75, 3.05) is 18.4 Å². The van der Waals surface area contributed by atoms with Gasteiger partial charge in [0.25, 0.3) is 11.8 Å². The highest BCUT2D eigenvalue weighted by Gasteiger charge is 2.29. The number of nitrogens with one attached hydrogen (secondary N) is 2. The van der Waals surface area contributed by atoms with E-state index in [-0.39, 0.29) is 29.9 Å². The van der Waals surface area contributed by atoms with Gasteiger partial charge in [0.05, 0.1) is 16.8 Å². The van der Waals surface area contributed by atoms with Gasteiger partial charge in [-0.25, -0.2) is 0 Å². The normalized spacial score (nSPS) is 12.7. The number of Topliss-reactive ketones (excluding diaryl/α,β-unsaturated/α-hetero) is 1. The fourth-order valence-electron chi connectivity index (χ4n) is 3.12. The molecule has 0 fully saturated rings. The monoisotopic (exact) mass is 391 g/mol. The van der Waals surface area contributed by atoms with Crippen LogP contribution in [-0.4, -0.2) is 30.7 Å². The zero-order valence-electron chi connectivity index (χ0n) is 15.0. The van der Waals surface area contributed by atoms with Crippen LogP contribution in [0.15, 0.2) is 28.7 Å². The number of furan rings is 1. The maximum atomic E-state index is 12.7. The van der Waals surface area contributed by atoms with Crippen molar-refractivity contribution in [2.24, 2.45) is 5.73 Å². The first-order valence-electron chi connectivity index (χ1n) is 8.57. The molecule has 8 heteroatoms. The maximum Gasteiger partial charge on any atom is 0.291 e. The Bertz CT molecular complexity index is 876. The minimum absolute atomic E-state index is 0. The Morgan fingerprint density at radius 2 is 1.93 bits per heavy atom. The summed E-state index contributed by atoms with van der Waals surface area (Å²) in [6.07, 6.45) is 1.84. The van der Waals surface area contributed by atoms with Crippen molar-refractivity contribution in [1.82, 2.24) is 5.32 Å². The smallest absolute Gasteiger partial charge is 0.291 e. The quantitative estimate of drug-likeness (QED) is 0.724.